The molecular weight excluding hydrogens is 182 g/mol. The summed E-state index contributed by atoms with van der Waals surface area (Å²) >= 11 is 0. The van der Waals surface area contributed by atoms with Crippen LogP contribution >= 0.6 is 0 Å². The average Bonchev–Trinajstić information content (AvgIpc) is 2.50. The van der Waals surface area contributed by atoms with E-state index in [2.05, 4.69) is 11.2 Å². The first-order valence-corrected chi connectivity index (χ1v) is 4.28. The Hall–Kier alpha value is -1.83. The molecule has 1 atom stereocenters. The summed E-state index contributed by atoms with van der Waals surface area (Å²) in [6.07, 6.45) is 2.01. The summed E-state index contributed by atoms with van der Waals surface area (Å²) in [5.74, 6) is -1.01. The Bertz CT molecular complexity index is 389. The fourth-order valence-corrected chi connectivity index (χ4v) is 1.19. The Morgan fingerprint density at radius 2 is 2.50 bits per heavy atom. The molecule has 1 aromatic rings. The molecule has 0 fully saturated rings. The topological polar surface area (TPSA) is 78.9 Å². The van der Waals surface area contributed by atoms with Crippen LogP contribution in [0.4, 0.5) is 0 Å². The molecule has 1 aromatic heterocycles. The maximum Gasteiger partial charge on any atom is 0.339 e. The molecule has 0 aromatic carbocycles. The summed E-state index contributed by atoms with van der Waals surface area (Å²) in [5.41, 5.74) is 0.588. The molecule has 1 N–H and O–H groups in total. The third-order valence-corrected chi connectivity index (χ3v) is 2.00. The van der Waals surface area contributed by atoms with Crippen LogP contribution in [0.15, 0.2) is 6.20 Å². The summed E-state index contributed by atoms with van der Waals surface area (Å²) in [5, 5.41) is 21.5. The monoisotopic (exact) mass is 193 g/mol. The molecule has 0 aliphatic rings. The van der Waals surface area contributed by atoms with Gasteiger partial charge in [-0.25, -0.2) is 4.79 Å². The number of carboxylic acid groups (broad SMARTS) is 1. The number of hydrogen-bond donors (Lipinski definition) is 1. The lowest BCUT2D eigenvalue weighted by Gasteiger charge is -2.04. The predicted molar refractivity (Wildman–Crippen MR) is 48.9 cm³/mol. The van der Waals surface area contributed by atoms with Gasteiger partial charge < -0.3 is 5.11 Å². The van der Waals surface area contributed by atoms with Crippen LogP contribution in [0, 0.1) is 18.3 Å². The van der Waals surface area contributed by atoms with Gasteiger partial charge in [0.1, 0.15) is 11.6 Å². The molecule has 74 valence electrons. The van der Waals surface area contributed by atoms with Crippen molar-refractivity contribution in [3.63, 3.8) is 0 Å². The van der Waals surface area contributed by atoms with Crippen LogP contribution in [0.5, 0.6) is 0 Å². The normalized spacial score (nSPS) is 12.1. The van der Waals surface area contributed by atoms with Crippen LogP contribution in [0.3, 0.4) is 0 Å². The highest BCUT2D eigenvalue weighted by Crippen LogP contribution is 2.13. The Kier molecular flexibility index (Phi) is 2.87. The van der Waals surface area contributed by atoms with Crippen molar-refractivity contribution in [1.29, 1.82) is 5.26 Å². The van der Waals surface area contributed by atoms with Crippen molar-refractivity contribution in [2.45, 2.75) is 26.3 Å². The second-order valence-electron chi connectivity index (χ2n) is 2.97. The second-order valence-corrected chi connectivity index (χ2v) is 2.97. The van der Waals surface area contributed by atoms with E-state index >= 15 is 0 Å². The Balaban J connectivity index is 3.08. The van der Waals surface area contributed by atoms with Crippen LogP contribution in [0.1, 0.15) is 35.4 Å². The Morgan fingerprint density at radius 3 is 2.86 bits per heavy atom. The third-order valence-electron chi connectivity index (χ3n) is 2.00. The molecule has 0 saturated carbocycles. The number of nitrogens with zero attached hydrogens (tertiary/aromatic N) is 3. The molecule has 0 amide bonds. The van der Waals surface area contributed by atoms with E-state index in [4.69, 9.17) is 10.4 Å². The molecule has 0 aliphatic heterocycles. The van der Waals surface area contributed by atoms with E-state index in [9.17, 15) is 4.79 Å². The molecule has 5 heteroatoms. The van der Waals surface area contributed by atoms with Gasteiger partial charge in [0, 0.05) is 6.20 Å². The Labute approximate surface area is 81.6 Å². The van der Waals surface area contributed by atoms with Crippen molar-refractivity contribution in [3.05, 3.63) is 17.5 Å². The number of nitriles is 1. The van der Waals surface area contributed by atoms with Gasteiger partial charge in [0.15, 0.2) is 0 Å². The van der Waals surface area contributed by atoms with Crippen LogP contribution in [-0.2, 0) is 0 Å². The van der Waals surface area contributed by atoms with Crippen molar-refractivity contribution in [3.8, 4) is 6.07 Å². The van der Waals surface area contributed by atoms with Crippen molar-refractivity contribution < 1.29 is 9.90 Å². The van der Waals surface area contributed by atoms with Crippen LogP contribution in [-0.4, -0.2) is 20.9 Å². The number of hydrogen-bond acceptors (Lipinski definition) is 3. The van der Waals surface area contributed by atoms with Crippen molar-refractivity contribution >= 4 is 5.97 Å². The molecule has 1 rings (SSSR count). The summed E-state index contributed by atoms with van der Waals surface area (Å²) in [7, 11) is 0. The minimum atomic E-state index is -1.01. The lowest BCUT2D eigenvalue weighted by atomic mass is 10.2. The van der Waals surface area contributed by atoms with Crippen LogP contribution in [0.25, 0.3) is 0 Å². The minimum absolute atomic E-state index is 0.152. The average molecular weight is 193 g/mol. The minimum Gasteiger partial charge on any atom is -0.478 e. The van der Waals surface area contributed by atoms with Gasteiger partial charge in [-0.05, 0) is 13.3 Å². The van der Waals surface area contributed by atoms with Crippen LogP contribution in [0.2, 0.25) is 0 Å². The number of rotatable bonds is 3. The molecule has 0 saturated heterocycles. The van der Waals surface area contributed by atoms with Crippen molar-refractivity contribution in [1.82, 2.24) is 9.78 Å². The second kappa shape index (κ2) is 3.92. The van der Waals surface area contributed by atoms with Gasteiger partial charge in [0.2, 0.25) is 0 Å². The highest BCUT2D eigenvalue weighted by molar-refractivity contribution is 5.88. The zero-order chi connectivity index (χ0) is 10.7. The lowest BCUT2D eigenvalue weighted by molar-refractivity contribution is 0.0696. The summed E-state index contributed by atoms with van der Waals surface area (Å²) in [6.45, 7) is 3.47. The fourth-order valence-electron chi connectivity index (χ4n) is 1.19. The predicted octanol–water partition coefficient (Wildman–Crippen LogP) is 1.36. The number of aromatic nitrogens is 2. The van der Waals surface area contributed by atoms with E-state index in [0.29, 0.717) is 12.1 Å². The highest BCUT2D eigenvalue weighted by atomic mass is 16.4. The fraction of sp³-hybridized carbons (Fsp3) is 0.444. The van der Waals surface area contributed by atoms with E-state index in [1.54, 1.807) is 6.92 Å². The number of aromatic carboxylic acids is 1. The third kappa shape index (κ3) is 1.74. The van der Waals surface area contributed by atoms with E-state index in [-0.39, 0.29) is 11.6 Å². The first kappa shape index (κ1) is 10.3. The molecule has 0 bridgehead atoms. The quantitative estimate of drug-likeness (QED) is 0.786. The van der Waals surface area contributed by atoms with E-state index in [0.717, 1.165) is 0 Å². The summed E-state index contributed by atoms with van der Waals surface area (Å²) in [4.78, 5) is 10.7. The van der Waals surface area contributed by atoms with Gasteiger partial charge in [-0.15, -0.1) is 0 Å². The zero-order valence-corrected chi connectivity index (χ0v) is 8.06. The standard InChI is InChI=1S/C9H11N3O2/c1-3-7(4-10)12-5-8(9(13)14)6(2)11-12/h5,7H,3H2,1-2H3,(H,13,14). The molecule has 1 heterocycles. The molecule has 1 unspecified atom stereocenters. The van der Waals surface area contributed by atoms with Crippen LogP contribution < -0.4 is 0 Å². The maximum atomic E-state index is 10.7. The first-order chi connectivity index (χ1) is 6.60. The van der Waals surface area contributed by atoms with E-state index < -0.39 is 5.97 Å². The van der Waals surface area contributed by atoms with Gasteiger partial charge in [0.05, 0.1) is 11.8 Å². The van der Waals surface area contributed by atoms with Gasteiger partial charge in [0.25, 0.3) is 0 Å². The lowest BCUT2D eigenvalue weighted by Crippen LogP contribution is -2.06. The van der Waals surface area contributed by atoms with Gasteiger partial charge in [-0.3, -0.25) is 4.68 Å². The maximum absolute atomic E-state index is 10.7. The molecule has 0 aliphatic carbocycles. The van der Waals surface area contributed by atoms with Crippen molar-refractivity contribution in [2.24, 2.45) is 0 Å². The smallest absolute Gasteiger partial charge is 0.339 e. The first-order valence-electron chi connectivity index (χ1n) is 4.28. The van der Waals surface area contributed by atoms with E-state index in [1.165, 1.54) is 10.9 Å². The van der Waals surface area contributed by atoms with Gasteiger partial charge >= 0.3 is 5.97 Å². The molecular formula is C9H11N3O2. The summed E-state index contributed by atoms with van der Waals surface area (Å²) < 4.78 is 1.40. The highest BCUT2D eigenvalue weighted by Gasteiger charge is 2.15. The zero-order valence-electron chi connectivity index (χ0n) is 8.06. The van der Waals surface area contributed by atoms with Gasteiger partial charge in [-0.1, -0.05) is 6.92 Å². The Morgan fingerprint density at radius 1 is 1.86 bits per heavy atom. The van der Waals surface area contributed by atoms with Gasteiger partial charge in [-0.2, -0.15) is 10.4 Å². The SMILES string of the molecule is CCC(C#N)n1cc(C(=O)O)c(C)n1. The molecule has 0 radical (unpaired) electrons. The molecule has 0 spiro atoms. The number of aryl methyl sites for hydroxylation is 1. The largest absolute Gasteiger partial charge is 0.478 e. The van der Waals surface area contributed by atoms with Crippen molar-refractivity contribution in [2.75, 3.05) is 0 Å². The number of carbonyl (C=O) groups is 1. The summed E-state index contributed by atoms with van der Waals surface area (Å²) in [6, 6.07) is 1.67. The molecule has 14 heavy (non-hydrogen) atoms. The molecule has 5 nitrogen and oxygen atoms in total. The van der Waals surface area contributed by atoms with E-state index in [1.807, 2.05) is 6.92 Å². The number of carboxylic acids is 1.